The summed E-state index contributed by atoms with van der Waals surface area (Å²) in [4.78, 5) is 0. The number of nitrogens with one attached hydrogen (secondary N) is 1. The minimum absolute atomic E-state index is 0.247. The molecule has 0 amide bonds. The van der Waals surface area contributed by atoms with E-state index in [4.69, 9.17) is 0 Å². The van der Waals surface area contributed by atoms with E-state index >= 15 is 0 Å². The summed E-state index contributed by atoms with van der Waals surface area (Å²) in [6, 6.07) is 0.255. The molecule has 1 fully saturated rings. The van der Waals surface area contributed by atoms with E-state index < -0.39 is 12.6 Å². The minimum Gasteiger partial charge on any atom is -0.317 e. The van der Waals surface area contributed by atoms with Gasteiger partial charge in [-0.1, -0.05) is 0 Å². The fourth-order valence-corrected chi connectivity index (χ4v) is 3.52. The summed E-state index contributed by atoms with van der Waals surface area (Å²) >= 11 is 1.99. The molecular formula is C12H22F3NS. The van der Waals surface area contributed by atoms with Crippen molar-refractivity contribution in [1.82, 2.24) is 5.32 Å². The van der Waals surface area contributed by atoms with Crippen LogP contribution in [0, 0.1) is 5.92 Å². The molecular weight excluding hydrogens is 247 g/mol. The lowest BCUT2D eigenvalue weighted by molar-refractivity contribution is -0.135. The molecule has 0 bridgehead atoms. The van der Waals surface area contributed by atoms with Crippen LogP contribution in [0.2, 0.25) is 0 Å². The lowest BCUT2D eigenvalue weighted by Gasteiger charge is -2.26. The van der Waals surface area contributed by atoms with Crippen LogP contribution in [0.5, 0.6) is 0 Å². The highest BCUT2D eigenvalue weighted by atomic mass is 32.2. The van der Waals surface area contributed by atoms with Crippen LogP contribution in [0.15, 0.2) is 0 Å². The Morgan fingerprint density at radius 1 is 1.29 bits per heavy atom. The normalized spacial score (nSPS) is 20.5. The van der Waals surface area contributed by atoms with Gasteiger partial charge in [0.2, 0.25) is 0 Å². The molecule has 0 aliphatic carbocycles. The van der Waals surface area contributed by atoms with Gasteiger partial charge in [0.25, 0.3) is 0 Å². The van der Waals surface area contributed by atoms with Gasteiger partial charge >= 0.3 is 6.18 Å². The molecule has 0 spiro atoms. The average molecular weight is 269 g/mol. The number of hydrogen-bond donors (Lipinski definition) is 1. The number of hydrogen-bond acceptors (Lipinski definition) is 2. The molecule has 0 radical (unpaired) electrons. The summed E-state index contributed by atoms with van der Waals surface area (Å²) in [6.45, 7) is 0. The van der Waals surface area contributed by atoms with E-state index in [9.17, 15) is 13.2 Å². The van der Waals surface area contributed by atoms with Crippen LogP contribution in [0.3, 0.4) is 0 Å². The summed E-state index contributed by atoms with van der Waals surface area (Å²) in [5.74, 6) is 3.13. The summed E-state index contributed by atoms with van der Waals surface area (Å²) in [7, 11) is 1.86. The summed E-state index contributed by atoms with van der Waals surface area (Å²) in [5.41, 5.74) is 0. The summed E-state index contributed by atoms with van der Waals surface area (Å²) in [6.07, 6.45) is -0.277. The standard InChI is InChI=1S/C12H22F3NS/c1-16-11(3-2-6-12(13,14)15)9-10-4-7-17-8-5-10/h10-11,16H,2-9H2,1H3. The third kappa shape index (κ3) is 7.19. The molecule has 1 atom stereocenters. The van der Waals surface area contributed by atoms with Gasteiger partial charge in [-0.2, -0.15) is 24.9 Å². The summed E-state index contributed by atoms with van der Waals surface area (Å²) < 4.78 is 36.1. The van der Waals surface area contributed by atoms with Gasteiger partial charge in [0.1, 0.15) is 0 Å². The zero-order valence-electron chi connectivity index (χ0n) is 10.4. The van der Waals surface area contributed by atoms with E-state index in [-0.39, 0.29) is 12.5 Å². The quantitative estimate of drug-likeness (QED) is 0.786. The topological polar surface area (TPSA) is 12.0 Å². The monoisotopic (exact) mass is 269 g/mol. The van der Waals surface area contributed by atoms with E-state index in [0.717, 1.165) is 6.42 Å². The van der Waals surface area contributed by atoms with Gasteiger partial charge in [0.05, 0.1) is 0 Å². The second kappa shape index (κ2) is 7.52. The fraction of sp³-hybridized carbons (Fsp3) is 1.00. The van der Waals surface area contributed by atoms with Crippen molar-refractivity contribution in [1.29, 1.82) is 0 Å². The molecule has 17 heavy (non-hydrogen) atoms. The Labute approximate surface area is 106 Å². The maximum atomic E-state index is 12.0. The van der Waals surface area contributed by atoms with Gasteiger partial charge in [-0.25, -0.2) is 0 Å². The van der Waals surface area contributed by atoms with Crippen LogP contribution in [0.4, 0.5) is 13.2 Å². The number of alkyl halides is 3. The van der Waals surface area contributed by atoms with Gasteiger partial charge in [-0.15, -0.1) is 0 Å². The maximum Gasteiger partial charge on any atom is 0.389 e. The van der Waals surface area contributed by atoms with Crippen LogP contribution in [0.1, 0.15) is 38.5 Å². The first kappa shape index (κ1) is 15.2. The predicted molar refractivity (Wildman–Crippen MR) is 67.4 cm³/mol. The van der Waals surface area contributed by atoms with Crippen molar-refractivity contribution in [3.05, 3.63) is 0 Å². The second-order valence-electron chi connectivity index (χ2n) is 4.78. The van der Waals surface area contributed by atoms with Gasteiger partial charge in [-0.05, 0) is 56.6 Å². The SMILES string of the molecule is CNC(CCCC(F)(F)F)CC1CCSCC1. The van der Waals surface area contributed by atoms with Crippen molar-refractivity contribution in [2.24, 2.45) is 5.92 Å². The highest BCUT2D eigenvalue weighted by Crippen LogP contribution is 2.28. The molecule has 1 saturated heterocycles. The fourth-order valence-electron chi connectivity index (χ4n) is 2.31. The molecule has 1 aliphatic heterocycles. The van der Waals surface area contributed by atoms with Crippen molar-refractivity contribution in [2.75, 3.05) is 18.6 Å². The van der Waals surface area contributed by atoms with Crippen LogP contribution < -0.4 is 5.32 Å². The Morgan fingerprint density at radius 3 is 2.47 bits per heavy atom. The molecule has 0 aromatic carbocycles. The molecule has 5 heteroatoms. The molecule has 1 rings (SSSR count). The Bertz CT molecular complexity index is 202. The molecule has 0 saturated carbocycles. The van der Waals surface area contributed by atoms with Crippen molar-refractivity contribution < 1.29 is 13.2 Å². The van der Waals surface area contributed by atoms with Crippen molar-refractivity contribution >= 4 is 11.8 Å². The minimum atomic E-state index is -4.00. The third-order valence-electron chi connectivity index (χ3n) is 3.38. The first-order valence-electron chi connectivity index (χ1n) is 6.33. The molecule has 102 valence electrons. The van der Waals surface area contributed by atoms with E-state index in [0.29, 0.717) is 12.3 Å². The zero-order valence-corrected chi connectivity index (χ0v) is 11.2. The number of halogens is 3. The summed E-state index contributed by atoms with van der Waals surface area (Å²) in [5, 5.41) is 3.16. The Hall–Kier alpha value is 0.100. The molecule has 1 nitrogen and oxygen atoms in total. The lowest BCUT2D eigenvalue weighted by Crippen LogP contribution is -2.29. The van der Waals surface area contributed by atoms with E-state index in [1.54, 1.807) is 0 Å². The number of rotatable bonds is 6. The third-order valence-corrected chi connectivity index (χ3v) is 4.43. The van der Waals surface area contributed by atoms with E-state index in [2.05, 4.69) is 5.32 Å². The average Bonchev–Trinajstić information content (AvgIpc) is 2.27. The smallest absolute Gasteiger partial charge is 0.317 e. The van der Waals surface area contributed by atoms with Crippen molar-refractivity contribution in [3.63, 3.8) is 0 Å². The van der Waals surface area contributed by atoms with Crippen LogP contribution in [-0.2, 0) is 0 Å². The Balaban J connectivity index is 2.18. The Kier molecular flexibility index (Phi) is 6.70. The van der Waals surface area contributed by atoms with Crippen LogP contribution in [-0.4, -0.2) is 30.8 Å². The molecule has 1 unspecified atom stereocenters. The number of thioether (sulfide) groups is 1. The first-order valence-corrected chi connectivity index (χ1v) is 7.48. The van der Waals surface area contributed by atoms with Crippen molar-refractivity contribution in [2.45, 2.75) is 50.7 Å². The van der Waals surface area contributed by atoms with Gasteiger partial charge < -0.3 is 5.32 Å². The Morgan fingerprint density at radius 2 is 1.94 bits per heavy atom. The highest BCUT2D eigenvalue weighted by molar-refractivity contribution is 7.99. The molecule has 0 aromatic rings. The largest absolute Gasteiger partial charge is 0.389 e. The lowest BCUT2D eigenvalue weighted by atomic mass is 9.92. The van der Waals surface area contributed by atoms with Crippen LogP contribution in [0.25, 0.3) is 0 Å². The van der Waals surface area contributed by atoms with Gasteiger partial charge in [0.15, 0.2) is 0 Å². The van der Waals surface area contributed by atoms with E-state index in [1.807, 2.05) is 18.8 Å². The maximum absolute atomic E-state index is 12.0. The zero-order chi connectivity index (χ0) is 12.7. The van der Waals surface area contributed by atoms with E-state index in [1.165, 1.54) is 24.3 Å². The first-order chi connectivity index (χ1) is 8.01. The van der Waals surface area contributed by atoms with Crippen molar-refractivity contribution in [3.8, 4) is 0 Å². The molecule has 0 aromatic heterocycles. The second-order valence-corrected chi connectivity index (χ2v) is 6.01. The molecule has 1 aliphatic rings. The molecule has 1 N–H and O–H groups in total. The van der Waals surface area contributed by atoms with Gasteiger partial charge in [0, 0.05) is 12.5 Å². The van der Waals surface area contributed by atoms with Gasteiger partial charge in [-0.3, -0.25) is 0 Å². The molecule has 1 heterocycles. The van der Waals surface area contributed by atoms with Crippen LogP contribution >= 0.6 is 11.8 Å². The predicted octanol–water partition coefficient (Wildman–Crippen LogP) is 3.84. The highest BCUT2D eigenvalue weighted by Gasteiger charge is 2.27.